The van der Waals surface area contributed by atoms with E-state index in [9.17, 15) is 9.59 Å². The average Bonchev–Trinajstić information content (AvgIpc) is 2.72. The molecule has 160 valence electrons. The van der Waals surface area contributed by atoms with E-state index >= 15 is 0 Å². The largest absolute Gasteiger partial charge is 0.374 e. The Labute approximate surface area is 183 Å². The van der Waals surface area contributed by atoms with Gasteiger partial charge in [-0.2, -0.15) is 0 Å². The van der Waals surface area contributed by atoms with E-state index in [2.05, 4.69) is 45.7 Å². The number of fused-ring (bicyclic) bond motifs is 1. The van der Waals surface area contributed by atoms with Crippen LogP contribution in [0.1, 0.15) is 29.2 Å². The van der Waals surface area contributed by atoms with Gasteiger partial charge in [0.05, 0.1) is 6.04 Å². The van der Waals surface area contributed by atoms with Crippen molar-refractivity contribution in [3.05, 3.63) is 64.2 Å². The number of anilines is 1. The second-order valence-electron chi connectivity index (χ2n) is 7.88. The first-order valence-corrected chi connectivity index (χ1v) is 10.5. The molecule has 1 heterocycles. The lowest BCUT2D eigenvalue weighted by atomic mass is 9.96. The molecule has 2 amide bonds. The highest BCUT2D eigenvalue weighted by atomic mass is 35.5. The molecule has 0 fully saturated rings. The number of likely N-dealkylation sites (N-methyl/N-ethyl adjacent to an activating group) is 1. The van der Waals surface area contributed by atoms with Crippen LogP contribution in [0.15, 0.2) is 42.5 Å². The molecule has 0 bridgehead atoms. The van der Waals surface area contributed by atoms with Crippen LogP contribution in [0.2, 0.25) is 5.02 Å². The van der Waals surface area contributed by atoms with Crippen molar-refractivity contribution in [2.45, 2.75) is 25.4 Å². The number of carbonyl (C=O) groups excluding carboxylic acids is 2. The Morgan fingerprint density at radius 1 is 1.13 bits per heavy atom. The minimum Gasteiger partial charge on any atom is -0.374 e. The summed E-state index contributed by atoms with van der Waals surface area (Å²) in [7, 11) is 6.06. The zero-order chi connectivity index (χ0) is 21.7. The Morgan fingerprint density at radius 3 is 2.60 bits per heavy atom. The summed E-state index contributed by atoms with van der Waals surface area (Å²) in [6.07, 6.45) is 2.20. The van der Waals surface area contributed by atoms with E-state index in [-0.39, 0.29) is 12.6 Å². The van der Waals surface area contributed by atoms with Crippen molar-refractivity contribution in [1.29, 1.82) is 0 Å². The summed E-state index contributed by atoms with van der Waals surface area (Å²) in [5, 5.41) is 5.95. The number of carbonyl (C=O) groups is 2. The average molecular weight is 429 g/mol. The SMILES string of the molecule is CN1CCCc2cc(C(CNC(=O)C(=O)NCc3ccccc3Cl)N(C)C)ccc21. The second-order valence-corrected chi connectivity index (χ2v) is 8.28. The van der Waals surface area contributed by atoms with Gasteiger partial charge in [0.2, 0.25) is 0 Å². The first-order valence-electron chi connectivity index (χ1n) is 10.2. The number of halogens is 1. The Balaban J connectivity index is 1.60. The summed E-state index contributed by atoms with van der Waals surface area (Å²) in [5.74, 6) is -1.31. The molecule has 0 aromatic heterocycles. The van der Waals surface area contributed by atoms with E-state index in [1.807, 2.05) is 32.3 Å². The van der Waals surface area contributed by atoms with Gasteiger partial charge in [-0.3, -0.25) is 9.59 Å². The molecule has 2 N–H and O–H groups in total. The van der Waals surface area contributed by atoms with Gasteiger partial charge in [-0.25, -0.2) is 0 Å². The van der Waals surface area contributed by atoms with Gasteiger partial charge in [0.15, 0.2) is 0 Å². The maximum absolute atomic E-state index is 12.3. The maximum atomic E-state index is 12.3. The second kappa shape index (κ2) is 9.96. The third kappa shape index (κ3) is 5.32. The highest BCUT2D eigenvalue weighted by Crippen LogP contribution is 2.29. The summed E-state index contributed by atoms with van der Waals surface area (Å²) in [6.45, 7) is 1.63. The summed E-state index contributed by atoms with van der Waals surface area (Å²) < 4.78 is 0. The van der Waals surface area contributed by atoms with E-state index in [1.54, 1.807) is 6.07 Å². The Morgan fingerprint density at radius 2 is 1.87 bits per heavy atom. The quantitative estimate of drug-likeness (QED) is 0.694. The Kier molecular flexibility index (Phi) is 7.34. The van der Waals surface area contributed by atoms with Crippen LogP contribution in [0.5, 0.6) is 0 Å². The van der Waals surface area contributed by atoms with Crippen LogP contribution in [0.4, 0.5) is 5.69 Å². The molecule has 0 radical (unpaired) electrons. The van der Waals surface area contributed by atoms with Crippen molar-refractivity contribution >= 4 is 29.1 Å². The minimum absolute atomic E-state index is 0.0251. The molecule has 30 heavy (non-hydrogen) atoms. The Bertz CT molecular complexity index is 916. The Hall–Kier alpha value is -2.57. The summed E-state index contributed by atoms with van der Waals surface area (Å²) in [5.41, 5.74) is 4.50. The van der Waals surface area contributed by atoms with E-state index in [0.717, 1.165) is 30.5 Å². The lowest BCUT2D eigenvalue weighted by Gasteiger charge is -2.30. The van der Waals surface area contributed by atoms with Gasteiger partial charge in [0.1, 0.15) is 0 Å². The van der Waals surface area contributed by atoms with Gasteiger partial charge in [0.25, 0.3) is 0 Å². The molecule has 0 saturated heterocycles. The first kappa shape index (κ1) is 22.1. The molecular weight excluding hydrogens is 400 g/mol. The number of nitrogens with one attached hydrogen (secondary N) is 2. The van der Waals surface area contributed by atoms with Gasteiger partial charge in [-0.15, -0.1) is 0 Å². The molecule has 2 aromatic carbocycles. The topological polar surface area (TPSA) is 64.7 Å². The molecule has 0 saturated carbocycles. The molecule has 3 rings (SSSR count). The molecule has 0 spiro atoms. The molecular formula is C23H29ClN4O2. The lowest BCUT2D eigenvalue weighted by molar-refractivity contribution is -0.139. The first-order chi connectivity index (χ1) is 14.4. The number of amides is 2. The monoisotopic (exact) mass is 428 g/mol. The number of rotatable bonds is 6. The van der Waals surface area contributed by atoms with Gasteiger partial charge < -0.3 is 20.4 Å². The molecule has 2 aromatic rings. The van der Waals surface area contributed by atoms with E-state index < -0.39 is 11.8 Å². The normalized spacial score (nSPS) is 14.2. The number of aryl methyl sites for hydroxylation is 1. The third-order valence-electron chi connectivity index (χ3n) is 5.52. The summed E-state index contributed by atoms with van der Waals surface area (Å²) in [4.78, 5) is 28.8. The van der Waals surface area contributed by atoms with Crippen LogP contribution in [0, 0.1) is 0 Å². The van der Waals surface area contributed by atoms with Crippen molar-refractivity contribution in [2.75, 3.05) is 39.1 Å². The fraction of sp³-hybridized carbons (Fsp3) is 0.391. The maximum Gasteiger partial charge on any atom is 0.309 e. The third-order valence-corrected chi connectivity index (χ3v) is 5.89. The number of hydrogen-bond acceptors (Lipinski definition) is 4. The van der Waals surface area contributed by atoms with E-state index in [0.29, 0.717) is 11.6 Å². The molecule has 0 aliphatic carbocycles. The lowest BCUT2D eigenvalue weighted by Crippen LogP contribution is -2.43. The van der Waals surface area contributed by atoms with Crippen molar-refractivity contribution in [3.63, 3.8) is 0 Å². The van der Waals surface area contributed by atoms with Crippen LogP contribution in [-0.4, -0.2) is 50.9 Å². The van der Waals surface area contributed by atoms with Crippen LogP contribution in [-0.2, 0) is 22.6 Å². The number of nitrogens with zero attached hydrogens (tertiary/aromatic N) is 2. The predicted octanol–water partition coefficient (Wildman–Crippen LogP) is 2.76. The fourth-order valence-electron chi connectivity index (χ4n) is 3.78. The van der Waals surface area contributed by atoms with Crippen molar-refractivity contribution in [2.24, 2.45) is 0 Å². The smallest absolute Gasteiger partial charge is 0.309 e. The van der Waals surface area contributed by atoms with Gasteiger partial charge in [0, 0.05) is 37.4 Å². The molecule has 1 aliphatic rings. The molecule has 1 aliphatic heterocycles. The van der Waals surface area contributed by atoms with E-state index in [1.165, 1.54) is 11.3 Å². The molecule has 1 atom stereocenters. The van der Waals surface area contributed by atoms with Crippen molar-refractivity contribution in [1.82, 2.24) is 15.5 Å². The van der Waals surface area contributed by atoms with Crippen LogP contribution >= 0.6 is 11.6 Å². The van der Waals surface area contributed by atoms with Gasteiger partial charge in [-0.1, -0.05) is 41.9 Å². The highest BCUT2D eigenvalue weighted by Gasteiger charge is 2.21. The van der Waals surface area contributed by atoms with Gasteiger partial charge >= 0.3 is 11.8 Å². The molecule has 1 unspecified atom stereocenters. The summed E-state index contributed by atoms with van der Waals surface area (Å²) in [6, 6.07) is 13.7. The minimum atomic E-state index is -0.667. The standard InChI is InChI=1S/C23H29ClN4O2/c1-27(2)21(17-10-11-20-16(13-17)8-6-12-28(20)3)15-26-23(30)22(29)25-14-18-7-4-5-9-19(18)24/h4-5,7,9-11,13,21H,6,8,12,14-15H2,1-3H3,(H,25,29)(H,26,30). The zero-order valence-corrected chi connectivity index (χ0v) is 18.5. The fourth-order valence-corrected chi connectivity index (χ4v) is 3.98. The predicted molar refractivity (Wildman–Crippen MR) is 121 cm³/mol. The number of hydrogen-bond donors (Lipinski definition) is 2. The van der Waals surface area contributed by atoms with Gasteiger partial charge in [-0.05, 0) is 55.8 Å². The van der Waals surface area contributed by atoms with Crippen LogP contribution < -0.4 is 15.5 Å². The highest BCUT2D eigenvalue weighted by molar-refractivity contribution is 6.35. The van der Waals surface area contributed by atoms with Crippen LogP contribution in [0.25, 0.3) is 0 Å². The van der Waals surface area contributed by atoms with Crippen LogP contribution in [0.3, 0.4) is 0 Å². The summed E-state index contributed by atoms with van der Waals surface area (Å²) >= 11 is 6.09. The van der Waals surface area contributed by atoms with Crippen molar-refractivity contribution < 1.29 is 9.59 Å². The molecule has 6 nitrogen and oxygen atoms in total. The van der Waals surface area contributed by atoms with Crippen molar-refractivity contribution in [3.8, 4) is 0 Å². The number of benzene rings is 2. The zero-order valence-electron chi connectivity index (χ0n) is 17.7. The van der Waals surface area contributed by atoms with E-state index in [4.69, 9.17) is 11.6 Å². The molecule has 7 heteroatoms.